The number of benzene rings is 2. The first-order chi connectivity index (χ1) is 8.28. The summed E-state index contributed by atoms with van der Waals surface area (Å²) in [5.41, 5.74) is 0.721. The van der Waals surface area contributed by atoms with Crippen LogP contribution in [0.3, 0.4) is 0 Å². The van der Waals surface area contributed by atoms with Gasteiger partial charge in [0.2, 0.25) is 0 Å². The Morgan fingerprint density at radius 3 is 2.82 bits per heavy atom. The van der Waals surface area contributed by atoms with Gasteiger partial charge >= 0.3 is 0 Å². The highest BCUT2D eigenvalue weighted by molar-refractivity contribution is 5.29. The van der Waals surface area contributed by atoms with Crippen LogP contribution in [0.25, 0.3) is 0 Å². The minimum absolute atomic E-state index is 0.286. The van der Waals surface area contributed by atoms with Crippen LogP contribution < -0.4 is 9.47 Å². The number of hydrogen-bond acceptors (Lipinski definition) is 2. The summed E-state index contributed by atoms with van der Waals surface area (Å²) in [6, 6.07) is 14.7. The predicted molar refractivity (Wildman–Crippen MR) is 62.6 cm³/mol. The Morgan fingerprint density at radius 2 is 2.12 bits per heavy atom. The molecule has 0 atom stereocenters. The molecule has 0 unspecified atom stereocenters. The molecule has 0 fully saturated rings. The molecule has 0 aromatic heterocycles. The third kappa shape index (κ3) is 3.21. The van der Waals surface area contributed by atoms with Crippen LogP contribution in [-0.2, 0) is 6.61 Å². The van der Waals surface area contributed by atoms with E-state index in [4.69, 9.17) is 9.47 Å². The first kappa shape index (κ1) is 11.5. The van der Waals surface area contributed by atoms with Crippen molar-refractivity contribution in [3.63, 3.8) is 0 Å². The molecule has 0 N–H and O–H groups in total. The van der Waals surface area contributed by atoms with Gasteiger partial charge in [0.05, 0.1) is 7.11 Å². The van der Waals surface area contributed by atoms with E-state index < -0.39 is 0 Å². The van der Waals surface area contributed by atoms with E-state index in [1.165, 1.54) is 19.2 Å². The topological polar surface area (TPSA) is 18.5 Å². The summed E-state index contributed by atoms with van der Waals surface area (Å²) in [6.45, 7) is 0.286. The van der Waals surface area contributed by atoms with Crippen LogP contribution in [0.1, 0.15) is 5.56 Å². The Kier molecular flexibility index (Phi) is 3.60. The highest BCUT2D eigenvalue weighted by Crippen LogP contribution is 2.18. The molecule has 1 radical (unpaired) electrons. The Balaban J connectivity index is 2.06. The number of ether oxygens (including phenoxy) is 2. The van der Waals surface area contributed by atoms with Gasteiger partial charge in [0.15, 0.2) is 0 Å². The second-order valence-electron chi connectivity index (χ2n) is 3.51. The van der Waals surface area contributed by atoms with Gasteiger partial charge in [0.1, 0.15) is 23.9 Å². The first-order valence-electron chi connectivity index (χ1n) is 5.21. The van der Waals surface area contributed by atoms with Crippen molar-refractivity contribution in [2.45, 2.75) is 6.61 Å². The molecule has 2 rings (SSSR count). The molecule has 2 nitrogen and oxygen atoms in total. The smallest absolute Gasteiger partial charge is 0.127 e. The lowest BCUT2D eigenvalue weighted by Crippen LogP contribution is -1.97. The molecular weight excluding hydrogens is 219 g/mol. The van der Waals surface area contributed by atoms with Gasteiger partial charge in [-0.25, -0.2) is 4.39 Å². The van der Waals surface area contributed by atoms with Gasteiger partial charge < -0.3 is 9.47 Å². The fourth-order valence-electron chi connectivity index (χ4n) is 1.45. The quantitative estimate of drug-likeness (QED) is 0.804. The van der Waals surface area contributed by atoms with Crippen molar-refractivity contribution >= 4 is 0 Å². The van der Waals surface area contributed by atoms with Crippen LogP contribution in [0.15, 0.2) is 42.5 Å². The standard InChI is InChI=1S/C14H12FO2/c1-16-14-8-11(7-12(15)9-14)10-17-13-5-3-2-4-6-13/h2-5,7-9H,10H2,1H3. The van der Waals surface area contributed by atoms with E-state index >= 15 is 0 Å². The van der Waals surface area contributed by atoms with E-state index in [0.29, 0.717) is 11.5 Å². The van der Waals surface area contributed by atoms with Crippen LogP contribution in [0.5, 0.6) is 11.5 Å². The van der Waals surface area contributed by atoms with E-state index in [-0.39, 0.29) is 12.4 Å². The number of methoxy groups -OCH3 is 1. The summed E-state index contributed by atoms with van der Waals surface area (Å²) in [5, 5.41) is 0. The molecule has 0 aliphatic heterocycles. The summed E-state index contributed by atoms with van der Waals surface area (Å²) < 4.78 is 23.7. The molecule has 0 bridgehead atoms. The molecule has 0 amide bonds. The van der Waals surface area contributed by atoms with Gasteiger partial charge in [-0.05, 0) is 23.8 Å². The monoisotopic (exact) mass is 231 g/mol. The minimum Gasteiger partial charge on any atom is -0.497 e. The lowest BCUT2D eigenvalue weighted by atomic mass is 10.2. The maximum Gasteiger partial charge on any atom is 0.127 e. The normalized spacial score (nSPS) is 10.0. The molecule has 0 aliphatic rings. The summed E-state index contributed by atoms with van der Waals surface area (Å²) in [5.74, 6) is 0.788. The molecule has 0 spiro atoms. The molecule has 0 heterocycles. The van der Waals surface area contributed by atoms with Gasteiger partial charge in [-0.15, -0.1) is 0 Å². The first-order valence-corrected chi connectivity index (χ1v) is 5.21. The Labute approximate surface area is 99.6 Å². The average molecular weight is 231 g/mol. The maximum atomic E-state index is 13.2. The van der Waals surface area contributed by atoms with Crippen LogP contribution in [-0.4, -0.2) is 7.11 Å². The van der Waals surface area contributed by atoms with Crippen molar-refractivity contribution < 1.29 is 13.9 Å². The van der Waals surface area contributed by atoms with E-state index in [1.54, 1.807) is 18.2 Å². The maximum absolute atomic E-state index is 13.2. The van der Waals surface area contributed by atoms with Gasteiger partial charge in [-0.1, -0.05) is 18.2 Å². The molecule has 17 heavy (non-hydrogen) atoms. The van der Waals surface area contributed by atoms with Crippen molar-refractivity contribution in [3.8, 4) is 11.5 Å². The molecule has 2 aromatic carbocycles. The molecule has 87 valence electrons. The van der Waals surface area contributed by atoms with Crippen LogP contribution in [0, 0.1) is 11.9 Å². The fraction of sp³-hybridized carbons (Fsp3) is 0.143. The molecular formula is C14H12FO2. The highest BCUT2D eigenvalue weighted by Gasteiger charge is 2.02. The number of rotatable bonds is 4. The van der Waals surface area contributed by atoms with E-state index in [1.807, 2.05) is 12.1 Å². The second-order valence-corrected chi connectivity index (χ2v) is 3.51. The van der Waals surface area contributed by atoms with E-state index in [0.717, 1.165) is 5.56 Å². The number of hydrogen-bond donors (Lipinski definition) is 0. The molecule has 0 aliphatic carbocycles. The second kappa shape index (κ2) is 5.34. The van der Waals surface area contributed by atoms with Gasteiger partial charge in [0.25, 0.3) is 0 Å². The summed E-state index contributed by atoms with van der Waals surface area (Å²) >= 11 is 0. The SMILES string of the molecule is COc1cc(F)cc(COc2[c]cccc2)c1. The average Bonchev–Trinajstić information content (AvgIpc) is 2.37. The van der Waals surface area contributed by atoms with Crippen molar-refractivity contribution in [1.29, 1.82) is 0 Å². The van der Waals surface area contributed by atoms with Crippen LogP contribution >= 0.6 is 0 Å². The largest absolute Gasteiger partial charge is 0.497 e. The zero-order valence-electron chi connectivity index (χ0n) is 9.44. The summed E-state index contributed by atoms with van der Waals surface area (Å²) in [7, 11) is 1.50. The molecule has 0 saturated heterocycles. The minimum atomic E-state index is -0.333. The molecule has 2 aromatic rings. The van der Waals surface area contributed by atoms with Gasteiger partial charge in [-0.3, -0.25) is 0 Å². The van der Waals surface area contributed by atoms with Crippen LogP contribution in [0.4, 0.5) is 4.39 Å². The number of halogens is 1. The zero-order chi connectivity index (χ0) is 12.1. The van der Waals surface area contributed by atoms with E-state index in [9.17, 15) is 4.39 Å². The van der Waals surface area contributed by atoms with Crippen molar-refractivity contribution in [1.82, 2.24) is 0 Å². The lowest BCUT2D eigenvalue weighted by molar-refractivity contribution is 0.303. The van der Waals surface area contributed by atoms with Crippen LogP contribution in [0.2, 0.25) is 0 Å². The van der Waals surface area contributed by atoms with E-state index in [2.05, 4.69) is 6.07 Å². The van der Waals surface area contributed by atoms with Gasteiger partial charge in [0, 0.05) is 12.1 Å². The summed E-state index contributed by atoms with van der Waals surface area (Å²) in [4.78, 5) is 0. The zero-order valence-corrected chi connectivity index (χ0v) is 9.44. The lowest BCUT2D eigenvalue weighted by Gasteiger charge is -2.07. The van der Waals surface area contributed by atoms with Crippen molar-refractivity contribution in [2.24, 2.45) is 0 Å². The molecule has 3 heteroatoms. The Morgan fingerprint density at radius 1 is 1.24 bits per heavy atom. The Bertz CT molecular complexity index is 483. The third-order valence-corrected chi connectivity index (χ3v) is 2.24. The Hall–Kier alpha value is -2.03. The van der Waals surface area contributed by atoms with Crippen molar-refractivity contribution in [3.05, 3.63) is 59.9 Å². The van der Waals surface area contributed by atoms with Gasteiger partial charge in [-0.2, -0.15) is 0 Å². The molecule has 0 saturated carbocycles. The fourth-order valence-corrected chi connectivity index (χ4v) is 1.45. The third-order valence-electron chi connectivity index (χ3n) is 2.24. The highest BCUT2D eigenvalue weighted by atomic mass is 19.1. The van der Waals surface area contributed by atoms with Crippen molar-refractivity contribution in [2.75, 3.05) is 7.11 Å². The number of para-hydroxylation sites is 1. The predicted octanol–water partition coefficient (Wildman–Crippen LogP) is 3.21. The summed E-state index contributed by atoms with van der Waals surface area (Å²) in [6.07, 6.45) is 0.